The third-order valence-corrected chi connectivity index (χ3v) is 2.68. The van der Waals surface area contributed by atoms with Gasteiger partial charge in [0.2, 0.25) is 0 Å². The van der Waals surface area contributed by atoms with Crippen LogP contribution in [0.5, 0.6) is 0 Å². The lowest BCUT2D eigenvalue weighted by Crippen LogP contribution is -2.03. The number of pyridine rings is 1. The summed E-state index contributed by atoms with van der Waals surface area (Å²) in [6, 6.07) is 2.00. The van der Waals surface area contributed by atoms with E-state index < -0.39 is 5.97 Å². The summed E-state index contributed by atoms with van der Waals surface area (Å²) in [5.41, 5.74) is 7.75. The van der Waals surface area contributed by atoms with E-state index in [1.807, 2.05) is 6.07 Å². The van der Waals surface area contributed by atoms with E-state index in [2.05, 4.69) is 4.98 Å². The van der Waals surface area contributed by atoms with E-state index in [-0.39, 0.29) is 6.42 Å². The molecule has 0 bridgehead atoms. The third kappa shape index (κ3) is 2.46. The molecule has 4 heteroatoms. The molecule has 4 nitrogen and oxygen atoms in total. The van der Waals surface area contributed by atoms with Crippen LogP contribution in [-0.4, -0.2) is 16.1 Å². The zero-order valence-electron chi connectivity index (χ0n) is 8.44. The lowest BCUT2D eigenvalue weighted by Gasteiger charge is -2.05. The van der Waals surface area contributed by atoms with Gasteiger partial charge in [0.05, 0.1) is 0 Å². The van der Waals surface area contributed by atoms with Crippen molar-refractivity contribution >= 4 is 11.8 Å². The number of nitrogens with zero attached hydrogens (tertiary/aromatic N) is 1. The number of carboxylic acids is 1. The van der Waals surface area contributed by atoms with Gasteiger partial charge in [0, 0.05) is 12.6 Å². The van der Waals surface area contributed by atoms with Crippen molar-refractivity contribution in [1.29, 1.82) is 0 Å². The predicted octanol–water partition coefficient (Wildman–Crippen LogP) is 1.56. The van der Waals surface area contributed by atoms with E-state index in [4.69, 9.17) is 10.8 Å². The molecule has 0 radical (unpaired) electrons. The van der Waals surface area contributed by atoms with Gasteiger partial charge in [-0.2, -0.15) is 0 Å². The molecule has 0 aliphatic heterocycles. The maximum Gasteiger partial charge on any atom is 0.303 e. The number of nitrogen functional groups attached to an aromatic ring is 1. The Balaban J connectivity index is 2.13. The van der Waals surface area contributed by atoms with Crippen molar-refractivity contribution < 1.29 is 9.90 Å². The van der Waals surface area contributed by atoms with Crippen LogP contribution in [0, 0.1) is 0 Å². The highest BCUT2D eigenvalue weighted by atomic mass is 16.4. The van der Waals surface area contributed by atoms with Crippen LogP contribution in [0.1, 0.15) is 36.3 Å². The molecule has 0 spiro atoms. The van der Waals surface area contributed by atoms with Crippen molar-refractivity contribution in [3.05, 3.63) is 23.4 Å². The number of anilines is 1. The van der Waals surface area contributed by atoms with E-state index >= 15 is 0 Å². The fourth-order valence-electron chi connectivity index (χ4n) is 1.62. The molecule has 15 heavy (non-hydrogen) atoms. The Bertz CT molecular complexity index is 386. The van der Waals surface area contributed by atoms with Crippen LogP contribution >= 0.6 is 0 Å². The van der Waals surface area contributed by atoms with Crippen LogP contribution < -0.4 is 5.73 Å². The Morgan fingerprint density at radius 1 is 1.60 bits per heavy atom. The molecule has 0 saturated heterocycles. The first-order chi connectivity index (χ1) is 7.16. The molecule has 0 atom stereocenters. The lowest BCUT2D eigenvalue weighted by molar-refractivity contribution is -0.136. The first-order valence-electron chi connectivity index (χ1n) is 5.13. The first kappa shape index (κ1) is 9.96. The molecule has 2 rings (SSSR count). The van der Waals surface area contributed by atoms with Gasteiger partial charge < -0.3 is 10.8 Å². The minimum absolute atomic E-state index is 0.111. The van der Waals surface area contributed by atoms with Crippen LogP contribution in [0.15, 0.2) is 12.3 Å². The molecule has 0 amide bonds. The van der Waals surface area contributed by atoms with Gasteiger partial charge in [0.25, 0.3) is 0 Å². The molecule has 80 valence electrons. The minimum Gasteiger partial charge on any atom is -0.481 e. The number of nitrogens with two attached hydrogens (primary N) is 1. The average molecular weight is 206 g/mol. The summed E-state index contributed by atoms with van der Waals surface area (Å²) >= 11 is 0. The van der Waals surface area contributed by atoms with E-state index in [0.29, 0.717) is 18.2 Å². The maximum atomic E-state index is 10.5. The highest BCUT2D eigenvalue weighted by Gasteiger charge is 2.24. The number of aromatic nitrogens is 1. The summed E-state index contributed by atoms with van der Waals surface area (Å²) in [4.78, 5) is 14.6. The molecule has 3 N–H and O–H groups in total. The van der Waals surface area contributed by atoms with Gasteiger partial charge >= 0.3 is 5.97 Å². The van der Waals surface area contributed by atoms with E-state index in [0.717, 1.165) is 5.56 Å². The molecular weight excluding hydrogens is 192 g/mol. The molecule has 0 unspecified atom stereocenters. The van der Waals surface area contributed by atoms with Gasteiger partial charge in [-0.05, 0) is 36.3 Å². The summed E-state index contributed by atoms with van der Waals surface area (Å²) in [6.07, 6.45) is 4.81. The Hall–Kier alpha value is -1.58. The number of carboxylic acid groups (broad SMARTS) is 1. The maximum absolute atomic E-state index is 10.5. The molecular formula is C11H14N2O2. The Kier molecular flexibility index (Phi) is 2.58. The highest BCUT2D eigenvalue weighted by molar-refractivity contribution is 5.67. The van der Waals surface area contributed by atoms with Crippen molar-refractivity contribution in [3.63, 3.8) is 0 Å². The van der Waals surface area contributed by atoms with Crippen molar-refractivity contribution in [2.75, 3.05) is 5.73 Å². The molecule has 1 aromatic heterocycles. The number of aryl methyl sites for hydroxylation is 1. The standard InChI is InChI=1S/C11H14N2O2/c12-11-8(3-4-10(14)15)5-9(6-13-11)7-1-2-7/h5-7H,1-4H2,(H2,12,13)(H,14,15). The molecule has 1 fully saturated rings. The van der Waals surface area contributed by atoms with Crippen LogP contribution in [0.3, 0.4) is 0 Å². The van der Waals surface area contributed by atoms with Crippen LogP contribution in [-0.2, 0) is 11.2 Å². The van der Waals surface area contributed by atoms with Gasteiger partial charge in [-0.25, -0.2) is 4.98 Å². The Morgan fingerprint density at radius 3 is 2.93 bits per heavy atom. The molecule has 0 aromatic carbocycles. The van der Waals surface area contributed by atoms with Crippen molar-refractivity contribution in [3.8, 4) is 0 Å². The van der Waals surface area contributed by atoms with E-state index in [1.54, 1.807) is 6.20 Å². The number of hydrogen-bond acceptors (Lipinski definition) is 3. The van der Waals surface area contributed by atoms with Crippen molar-refractivity contribution in [2.24, 2.45) is 0 Å². The molecule has 1 heterocycles. The summed E-state index contributed by atoms with van der Waals surface area (Å²) in [6.45, 7) is 0. The van der Waals surface area contributed by atoms with Gasteiger partial charge in [-0.3, -0.25) is 4.79 Å². The normalized spacial score (nSPS) is 15.2. The smallest absolute Gasteiger partial charge is 0.303 e. The van der Waals surface area contributed by atoms with Crippen LogP contribution in [0.4, 0.5) is 5.82 Å². The summed E-state index contributed by atoms with van der Waals surface area (Å²) in [5, 5.41) is 8.60. The number of aliphatic carboxylic acids is 1. The van der Waals surface area contributed by atoms with Gasteiger partial charge in [-0.1, -0.05) is 6.07 Å². The summed E-state index contributed by atoms with van der Waals surface area (Å²) in [7, 11) is 0. The van der Waals surface area contributed by atoms with Gasteiger partial charge in [0.1, 0.15) is 5.82 Å². The minimum atomic E-state index is -0.800. The fraction of sp³-hybridized carbons (Fsp3) is 0.455. The first-order valence-corrected chi connectivity index (χ1v) is 5.13. The summed E-state index contributed by atoms with van der Waals surface area (Å²) in [5.74, 6) is 0.286. The highest BCUT2D eigenvalue weighted by Crippen LogP contribution is 2.40. The molecule has 1 saturated carbocycles. The lowest BCUT2D eigenvalue weighted by atomic mass is 10.1. The fourth-order valence-corrected chi connectivity index (χ4v) is 1.62. The predicted molar refractivity (Wildman–Crippen MR) is 56.6 cm³/mol. The Morgan fingerprint density at radius 2 is 2.33 bits per heavy atom. The average Bonchev–Trinajstić information content (AvgIpc) is 3.00. The zero-order chi connectivity index (χ0) is 10.8. The van der Waals surface area contributed by atoms with Crippen molar-refractivity contribution in [2.45, 2.75) is 31.6 Å². The van der Waals surface area contributed by atoms with E-state index in [1.165, 1.54) is 18.4 Å². The summed E-state index contributed by atoms with van der Waals surface area (Å²) < 4.78 is 0. The number of hydrogen-bond donors (Lipinski definition) is 2. The van der Waals surface area contributed by atoms with Crippen molar-refractivity contribution in [1.82, 2.24) is 4.98 Å². The quantitative estimate of drug-likeness (QED) is 0.783. The topological polar surface area (TPSA) is 76.2 Å². The zero-order valence-corrected chi connectivity index (χ0v) is 8.44. The van der Waals surface area contributed by atoms with Crippen LogP contribution in [0.2, 0.25) is 0 Å². The van der Waals surface area contributed by atoms with Gasteiger partial charge in [0.15, 0.2) is 0 Å². The van der Waals surface area contributed by atoms with Gasteiger partial charge in [-0.15, -0.1) is 0 Å². The van der Waals surface area contributed by atoms with E-state index in [9.17, 15) is 4.79 Å². The monoisotopic (exact) mass is 206 g/mol. The third-order valence-electron chi connectivity index (χ3n) is 2.68. The molecule has 1 aromatic rings. The number of rotatable bonds is 4. The molecule has 1 aliphatic rings. The largest absolute Gasteiger partial charge is 0.481 e. The number of carbonyl (C=O) groups is 1. The Labute approximate surface area is 88.1 Å². The SMILES string of the molecule is Nc1ncc(C2CC2)cc1CCC(=O)O. The second-order valence-electron chi connectivity index (χ2n) is 3.98. The second kappa shape index (κ2) is 3.88. The molecule has 1 aliphatic carbocycles. The second-order valence-corrected chi connectivity index (χ2v) is 3.98. The van der Waals surface area contributed by atoms with Crippen LogP contribution in [0.25, 0.3) is 0 Å².